The van der Waals surface area contributed by atoms with Crippen molar-refractivity contribution >= 4 is 22.5 Å². The van der Waals surface area contributed by atoms with Crippen molar-refractivity contribution < 1.29 is 13.2 Å². The Morgan fingerprint density at radius 1 is 1.12 bits per heavy atom. The van der Waals surface area contributed by atoms with Crippen LogP contribution >= 0.6 is 0 Å². The summed E-state index contributed by atoms with van der Waals surface area (Å²) in [6.07, 6.45) is 1.85. The van der Waals surface area contributed by atoms with E-state index in [0.29, 0.717) is 61.0 Å². The van der Waals surface area contributed by atoms with E-state index in [1.807, 2.05) is 0 Å². The highest BCUT2D eigenvalue weighted by atomic mass is 19.3. The van der Waals surface area contributed by atoms with Gasteiger partial charge in [-0.15, -0.1) is 0 Å². The van der Waals surface area contributed by atoms with Gasteiger partial charge in [-0.1, -0.05) is 6.07 Å². The van der Waals surface area contributed by atoms with Gasteiger partial charge in [0.2, 0.25) is 0 Å². The fraction of sp³-hybridized carbons (Fsp3) is 0.333. The molecule has 8 nitrogen and oxygen atoms in total. The van der Waals surface area contributed by atoms with Crippen molar-refractivity contribution in [2.24, 2.45) is 0 Å². The standard InChI is InChI=1S/C21H20F3N7O/c1-12-21(32)28-19-14(26-12)3-2-13(18(19)22)9-29-4-6-30(7-5-29)17-11-31-10-15(20(23)24)27-16(31)8-25-17/h2-3,8,10-11,20H,4-7,9H2,1H3,(H,28,32). The topological polar surface area (TPSA) is 82.4 Å². The maximum atomic E-state index is 15.0. The van der Waals surface area contributed by atoms with Crippen LogP contribution in [0, 0.1) is 12.7 Å². The molecule has 4 aromatic rings. The van der Waals surface area contributed by atoms with Crippen LogP contribution in [0.4, 0.5) is 19.0 Å². The molecule has 1 saturated heterocycles. The minimum absolute atomic E-state index is 0.123. The second-order valence-electron chi connectivity index (χ2n) is 7.82. The summed E-state index contributed by atoms with van der Waals surface area (Å²) in [7, 11) is 0. The third-order valence-corrected chi connectivity index (χ3v) is 5.72. The van der Waals surface area contributed by atoms with Gasteiger partial charge < -0.3 is 14.3 Å². The third-order valence-electron chi connectivity index (χ3n) is 5.72. The predicted octanol–water partition coefficient (Wildman–Crippen LogP) is 2.67. The quantitative estimate of drug-likeness (QED) is 0.522. The minimum Gasteiger partial charge on any atom is -0.353 e. The van der Waals surface area contributed by atoms with E-state index in [9.17, 15) is 18.0 Å². The molecule has 0 radical (unpaired) electrons. The Hall–Kier alpha value is -3.47. The number of fused-ring (bicyclic) bond motifs is 2. The molecule has 3 aromatic heterocycles. The van der Waals surface area contributed by atoms with Crippen LogP contribution in [0.5, 0.6) is 0 Å². The monoisotopic (exact) mass is 443 g/mol. The summed E-state index contributed by atoms with van der Waals surface area (Å²) >= 11 is 0. The van der Waals surface area contributed by atoms with E-state index < -0.39 is 17.8 Å². The molecule has 0 aliphatic carbocycles. The summed E-state index contributed by atoms with van der Waals surface area (Å²) in [5.41, 5.74) is 1.03. The molecule has 0 atom stereocenters. The molecular weight excluding hydrogens is 423 g/mol. The fourth-order valence-electron chi connectivity index (χ4n) is 3.93. The average molecular weight is 443 g/mol. The first-order valence-electron chi connectivity index (χ1n) is 10.2. The Morgan fingerprint density at radius 3 is 2.66 bits per heavy atom. The lowest BCUT2D eigenvalue weighted by atomic mass is 10.1. The highest BCUT2D eigenvalue weighted by molar-refractivity contribution is 5.75. The number of anilines is 1. The summed E-state index contributed by atoms with van der Waals surface area (Å²) in [5, 5.41) is 0. The highest BCUT2D eigenvalue weighted by Gasteiger charge is 2.21. The first-order chi connectivity index (χ1) is 15.4. The first-order valence-corrected chi connectivity index (χ1v) is 10.2. The van der Waals surface area contributed by atoms with Crippen molar-refractivity contribution in [3.05, 3.63) is 63.8 Å². The van der Waals surface area contributed by atoms with Gasteiger partial charge in [0.25, 0.3) is 12.0 Å². The number of H-pyrrole nitrogens is 1. The molecular formula is C21H20F3N7O. The van der Waals surface area contributed by atoms with Crippen LogP contribution in [0.15, 0.2) is 35.5 Å². The molecule has 1 aromatic carbocycles. The van der Waals surface area contributed by atoms with Crippen LogP contribution < -0.4 is 10.5 Å². The number of piperazine rings is 1. The van der Waals surface area contributed by atoms with Gasteiger partial charge in [0, 0.05) is 44.5 Å². The number of aromatic nitrogens is 5. The number of hydrogen-bond acceptors (Lipinski definition) is 6. The smallest absolute Gasteiger partial charge is 0.281 e. The summed E-state index contributed by atoms with van der Waals surface area (Å²) in [6.45, 7) is 4.64. The van der Waals surface area contributed by atoms with Crippen LogP contribution in [-0.4, -0.2) is 55.4 Å². The molecule has 166 valence electrons. The number of rotatable bonds is 4. The van der Waals surface area contributed by atoms with Gasteiger partial charge in [0.15, 0.2) is 11.5 Å². The van der Waals surface area contributed by atoms with Gasteiger partial charge in [-0.25, -0.2) is 28.1 Å². The zero-order valence-corrected chi connectivity index (χ0v) is 17.2. The number of nitrogens with one attached hydrogen (secondary N) is 1. The summed E-state index contributed by atoms with van der Waals surface area (Å²) in [5.74, 6) is 0.211. The zero-order chi connectivity index (χ0) is 22.4. The number of halogens is 3. The number of imidazole rings is 1. The normalized spacial score (nSPS) is 15.3. The third kappa shape index (κ3) is 3.68. The van der Waals surface area contributed by atoms with E-state index in [4.69, 9.17) is 0 Å². The molecule has 4 heterocycles. The summed E-state index contributed by atoms with van der Waals surface area (Å²) < 4.78 is 42.3. The van der Waals surface area contributed by atoms with E-state index in [-0.39, 0.29) is 11.2 Å². The average Bonchev–Trinajstić information content (AvgIpc) is 3.22. The number of aromatic amines is 1. The Labute approximate surface area is 180 Å². The number of hydrogen-bond donors (Lipinski definition) is 1. The van der Waals surface area contributed by atoms with Crippen molar-refractivity contribution in [1.82, 2.24) is 29.2 Å². The number of alkyl halides is 2. The Kier molecular flexibility index (Phi) is 5.04. The molecule has 5 rings (SSSR count). The molecule has 32 heavy (non-hydrogen) atoms. The van der Waals surface area contributed by atoms with Crippen LogP contribution in [0.1, 0.15) is 23.4 Å². The Morgan fingerprint density at radius 2 is 1.91 bits per heavy atom. The molecule has 1 aliphatic rings. The second kappa shape index (κ2) is 7.90. The maximum Gasteiger partial charge on any atom is 0.281 e. The van der Waals surface area contributed by atoms with Gasteiger partial charge in [0.1, 0.15) is 22.7 Å². The van der Waals surface area contributed by atoms with Crippen molar-refractivity contribution in [2.45, 2.75) is 19.9 Å². The van der Waals surface area contributed by atoms with Crippen LogP contribution in [0.3, 0.4) is 0 Å². The van der Waals surface area contributed by atoms with Gasteiger partial charge in [-0.05, 0) is 13.0 Å². The minimum atomic E-state index is -2.63. The fourth-order valence-corrected chi connectivity index (χ4v) is 3.93. The lowest BCUT2D eigenvalue weighted by molar-refractivity contribution is 0.147. The van der Waals surface area contributed by atoms with E-state index in [0.717, 1.165) is 0 Å². The van der Waals surface area contributed by atoms with E-state index in [1.54, 1.807) is 29.7 Å². The molecule has 1 N–H and O–H groups in total. The second-order valence-corrected chi connectivity index (χ2v) is 7.82. The van der Waals surface area contributed by atoms with Crippen LogP contribution in [-0.2, 0) is 6.54 Å². The van der Waals surface area contributed by atoms with Gasteiger partial charge in [0.05, 0.1) is 17.9 Å². The molecule has 0 saturated carbocycles. The van der Waals surface area contributed by atoms with Gasteiger partial charge in [-0.2, -0.15) is 0 Å². The highest BCUT2D eigenvalue weighted by Crippen LogP contribution is 2.22. The molecule has 1 fully saturated rings. The molecule has 0 amide bonds. The predicted molar refractivity (Wildman–Crippen MR) is 112 cm³/mol. The Bertz CT molecular complexity index is 1360. The van der Waals surface area contributed by atoms with Gasteiger partial charge in [-0.3, -0.25) is 9.69 Å². The van der Waals surface area contributed by atoms with Crippen molar-refractivity contribution in [3.63, 3.8) is 0 Å². The van der Waals surface area contributed by atoms with Crippen molar-refractivity contribution in [3.8, 4) is 0 Å². The van der Waals surface area contributed by atoms with Crippen LogP contribution in [0.25, 0.3) is 16.7 Å². The van der Waals surface area contributed by atoms with E-state index in [1.165, 1.54) is 12.4 Å². The number of aryl methyl sites for hydroxylation is 1. The molecule has 11 heteroatoms. The summed E-state index contributed by atoms with van der Waals surface area (Å²) in [6, 6.07) is 3.41. The maximum absolute atomic E-state index is 15.0. The van der Waals surface area contributed by atoms with Crippen molar-refractivity contribution in [2.75, 3.05) is 31.1 Å². The molecule has 0 spiro atoms. The van der Waals surface area contributed by atoms with Crippen LogP contribution in [0.2, 0.25) is 0 Å². The Balaban J connectivity index is 1.29. The largest absolute Gasteiger partial charge is 0.353 e. The molecule has 0 bridgehead atoms. The number of benzene rings is 1. The van der Waals surface area contributed by atoms with E-state index in [2.05, 4.69) is 29.7 Å². The molecule has 0 unspecified atom stereocenters. The zero-order valence-electron chi connectivity index (χ0n) is 17.2. The number of nitrogens with zero attached hydrogens (tertiary/aromatic N) is 6. The van der Waals surface area contributed by atoms with Crippen molar-refractivity contribution in [1.29, 1.82) is 0 Å². The lowest BCUT2D eigenvalue weighted by Crippen LogP contribution is -2.46. The lowest BCUT2D eigenvalue weighted by Gasteiger charge is -2.35. The SMILES string of the molecule is Cc1nc2ccc(CN3CCN(c4cn5cc(C(F)F)nc5cn4)CC3)c(F)c2[nH]c1=O. The molecule has 1 aliphatic heterocycles. The van der Waals surface area contributed by atoms with Gasteiger partial charge >= 0.3 is 0 Å². The van der Waals surface area contributed by atoms with E-state index >= 15 is 0 Å². The summed E-state index contributed by atoms with van der Waals surface area (Å²) in [4.78, 5) is 30.9. The first kappa shape index (κ1) is 20.4.